The number of rotatable bonds is 17. The van der Waals surface area contributed by atoms with Crippen LogP contribution in [-0.4, -0.2) is 77.3 Å². The van der Waals surface area contributed by atoms with Crippen LogP contribution in [0.15, 0.2) is 78.9 Å². The summed E-state index contributed by atoms with van der Waals surface area (Å²) in [6.07, 6.45) is -1.48. The van der Waals surface area contributed by atoms with Crippen molar-refractivity contribution in [3.63, 3.8) is 0 Å². The topological polar surface area (TPSA) is 96.9 Å². The van der Waals surface area contributed by atoms with E-state index < -0.39 is 18.2 Å². The molecule has 1 aliphatic rings. The van der Waals surface area contributed by atoms with Crippen LogP contribution in [0.2, 0.25) is 0 Å². The molecule has 2 N–H and O–H groups in total. The minimum absolute atomic E-state index is 0.146. The summed E-state index contributed by atoms with van der Waals surface area (Å²) in [6.45, 7) is 4.40. The first-order chi connectivity index (χ1) is 23.4. The number of ether oxygens (including phenoxy) is 7. The van der Waals surface area contributed by atoms with Crippen molar-refractivity contribution in [1.82, 2.24) is 5.32 Å². The summed E-state index contributed by atoms with van der Waals surface area (Å²) in [6, 6.07) is 25.0. The van der Waals surface area contributed by atoms with E-state index in [1.807, 2.05) is 48.5 Å². The van der Waals surface area contributed by atoms with E-state index in [9.17, 15) is 9.50 Å². The van der Waals surface area contributed by atoms with Crippen molar-refractivity contribution >= 4 is 10.8 Å². The van der Waals surface area contributed by atoms with Crippen LogP contribution in [0.5, 0.6) is 17.2 Å². The number of methoxy groups -OCH3 is 3. The van der Waals surface area contributed by atoms with Gasteiger partial charge in [-0.15, -0.1) is 0 Å². The Balaban J connectivity index is 1.22. The lowest BCUT2D eigenvalue weighted by Crippen LogP contribution is -2.52. The van der Waals surface area contributed by atoms with E-state index in [0.29, 0.717) is 44.9 Å². The summed E-state index contributed by atoms with van der Waals surface area (Å²) >= 11 is 0. The molecule has 5 atom stereocenters. The summed E-state index contributed by atoms with van der Waals surface area (Å²) in [4.78, 5) is 0. The Morgan fingerprint density at radius 3 is 2.42 bits per heavy atom. The second kappa shape index (κ2) is 17.6. The van der Waals surface area contributed by atoms with Crippen LogP contribution in [0.4, 0.5) is 4.39 Å². The monoisotopic (exact) mass is 663 g/mol. The molecule has 258 valence electrons. The Kier molecular flexibility index (Phi) is 13.0. The van der Waals surface area contributed by atoms with Crippen molar-refractivity contribution in [2.24, 2.45) is 0 Å². The number of benzene rings is 4. The van der Waals surface area contributed by atoms with E-state index in [1.165, 1.54) is 20.3 Å². The summed E-state index contributed by atoms with van der Waals surface area (Å²) in [5, 5.41) is 15.8. The smallest absolute Gasteiger partial charge is 0.183 e. The van der Waals surface area contributed by atoms with Gasteiger partial charge in [0.15, 0.2) is 17.9 Å². The van der Waals surface area contributed by atoms with Gasteiger partial charge in [0.2, 0.25) is 0 Å². The maximum absolute atomic E-state index is 13.9. The van der Waals surface area contributed by atoms with Crippen LogP contribution in [0.1, 0.15) is 36.0 Å². The van der Waals surface area contributed by atoms with Gasteiger partial charge in [0.05, 0.1) is 52.9 Å². The van der Waals surface area contributed by atoms with Crippen LogP contribution in [0, 0.1) is 5.82 Å². The number of aliphatic hydroxyl groups excluding tert-OH is 1. The molecule has 0 amide bonds. The second-order valence-corrected chi connectivity index (χ2v) is 11.8. The third-order valence-corrected chi connectivity index (χ3v) is 8.47. The molecule has 0 spiro atoms. The average Bonchev–Trinajstić information content (AvgIpc) is 3.11. The number of nitrogens with one attached hydrogen (secondary N) is 1. The fourth-order valence-corrected chi connectivity index (χ4v) is 6.13. The zero-order chi connectivity index (χ0) is 33.9. The van der Waals surface area contributed by atoms with Gasteiger partial charge in [-0.25, -0.2) is 4.39 Å². The van der Waals surface area contributed by atoms with Gasteiger partial charge < -0.3 is 43.6 Å². The third-order valence-electron chi connectivity index (χ3n) is 8.47. The SMILES string of the molecule is COc1c(F)cccc1COCCCOc1ccc([C@@H]2[C@@H](OCc3cc(OC)c4ccccc4c3)CNC[C@H]2OC(OC)C(C)O)cc1. The Morgan fingerprint density at radius 2 is 1.67 bits per heavy atom. The van der Waals surface area contributed by atoms with E-state index in [-0.39, 0.29) is 30.5 Å². The molecule has 2 unspecified atom stereocenters. The van der Waals surface area contributed by atoms with E-state index in [1.54, 1.807) is 26.2 Å². The molecule has 1 heterocycles. The van der Waals surface area contributed by atoms with Gasteiger partial charge in [0.1, 0.15) is 17.6 Å². The minimum Gasteiger partial charge on any atom is -0.496 e. The maximum atomic E-state index is 13.9. The van der Waals surface area contributed by atoms with Gasteiger partial charge in [0.25, 0.3) is 0 Å². The summed E-state index contributed by atoms with van der Waals surface area (Å²) in [5.41, 5.74) is 2.70. The number of hydrogen-bond donors (Lipinski definition) is 2. The fraction of sp³-hybridized carbons (Fsp3) is 0.421. The lowest BCUT2D eigenvalue weighted by Gasteiger charge is -2.40. The zero-order valence-corrected chi connectivity index (χ0v) is 28.0. The lowest BCUT2D eigenvalue weighted by molar-refractivity contribution is -0.213. The highest BCUT2D eigenvalue weighted by Crippen LogP contribution is 2.34. The zero-order valence-electron chi connectivity index (χ0n) is 28.0. The quantitative estimate of drug-likeness (QED) is 0.104. The Bertz CT molecular complexity index is 1580. The molecule has 5 rings (SSSR count). The first-order valence-electron chi connectivity index (χ1n) is 16.3. The highest BCUT2D eigenvalue weighted by atomic mass is 19.1. The van der Waals surface area contributed by atoms with E-state index >= 15 is 0 Å². The van der Waals surface area contributed by atoms with Crippen LogP contribution >= 0.6 is 0 Å². The highest BCUT2D eigenvalue weighted by Gasteiger charge is 2.38. The standard InChI is InChI=1S/C38H46FNO8/c1-25(41)38(44-4)48-35-22-40-21-34(47-23-26-19-28-9-5-6-11-31(28)33(20-26)42-2)36(35)27-13-15-30(16-14-27)46-18-8-17-45-24-29-10-7-12-32(39)37(29)43-3/h5-7,9-16,19-20,25,34-36,38,40-41H,8,17-18,21-24H2,1-4H3/t25?,34-,35+,36+,38?/m0/s1. The Hall–Kier alpha value is -3.77. The molecule has 0 aromatic heterocycles. The molecule has 0 saturated carbocycles. The first-order valence-corrected chi connectivity index (χ1v) is 16.3. The summed E-state index contributed by atoms with van der Waals surface area (Å²) in [5.74, 6) is 1.20. The van der Waals surface area contributed by atoms with Gasteiger partial charge >= 0.3 is 0 Å². The molecule has 4 aromatic carbocycles. The molecule has 1 aliphatic heterocycles. The predicted molar refractivity (Wildman–Crippen MR) is 181 cm³/mol. The molecule has 10 heteroatoms. The summed E-state index contributed by atoms with van der Waals surface area (Å²) in [7, 11) is 4.65. The lowest BCUT2D eigenvalue weighted by atomic mass is 9.85. The highest BCUT2D eigenvalue weighted by molar-refractivity contribution is 5.89. The normalized spacial score (nSPS) is 19.2. The molecule has 0 radical (unpaired) electrons. The van der Waals surface area contributed by atoms with Gasteiger partial charge in [-0.05, 0) is 53.8 Å². The van der Waals surface area contributed by atoms with Crippen molar-refractivity contribution in [3.05, 3.63) is 101 Å². The van der Waals surface area contributed by atoms with Gasteiger partial charge in [-0.3, -0.25) is 0 Å². The van der Waals surface area contributed by atoms with Crippen molar-refractivity contribution < 1.29 is 42.7 Å². The Labute approximate surface area is 281 Å². The number of hydrogen-bond acceptors (Lipinski definition) is 9. The molecule has 9 nitrogen and oxygen atoms in total. The minimum atomic E-state index is -0.808. The van der Waals surface area contributed by atoms with E-state index in [0.717, 1.165) is 33.4 Å². The molecule has 48 heavy (non-hydrogen) atoms. The maximum Gasteiger partial charge on any atom is 0.183 e. The summed E-state index contributed by atoms with van der Waals surface area (Å²) < 4.78 is 54.8. The Morgan fingerprint density at radius 1 is 0.875 bits per heavy atom. The number of aliphatic hydroxyl groups is 1. The van der Waals surface area contributed by atoms with Gasteiger partial charge in [-0.2, -0.15) is 0 Å². The second-order valence-electron chi connectivity index (χ2n) is 11.8. The molecule has 1 saturated heterocycles. The number of halogens is 1. The van der Waals surface area contributed by atoms with Crippen LogP contribution in [0.3, 0.4) is 0 Å². The van der Waals surface area contributed by atoms with E-state index in [2.05, 4.69) is 17.4 Å². The number of piperidine rings is 1. The van der Waals surface area contributed by atoms with Crippen molar-refractivity contribution in [3.8, 4) is 17.2 Å². The largest absolute Gasteiger partial charge is 0.496 e. The fourth-order valence-electron chi connectivity index (χ4n) is 6.13. The van der Waals surface area contributed by atoms with E-state index in [4.69, 9.17) is 33.2 Å². The molecular formula is C38H46FNO8. The first kappa shape index (κ1) is 35.5. The predicted octanol–water partition coefficient (Wildman–Crippen LogP) is 5.99. The molecule has 1 fully saturated rings. The van der Waals surface area contributed by atoms with Gasteiger partial charge in [0, 0.05) is 43.5 Å². The third kappa shape index (κ3) is 9.02. The van der Waals surface area contributed by atoms with Crippen LogP contribution in [-0.2, 0) is 32.2 Å². The van der Waals surface area contributed by atoms with Crippen molar-refractivity contribution in [2.75, 3.05) is 47.6 Å². The molecule has 0 aliphatic carbocycles. The molecule has 0 bridgehead atoms. The molecular weight excluding hydrogens is 617 g/mol. The number of para-hydroxylation sites is 1. The molecule has 4 aromatic rings. The van der Waals surface area contributed by atoms with Gasteiger partial charge in [-0.1, -0.05) is 48.5 Å². The van der Waals surface area contributed by atoms with Crippen LogP contribution in [0.25, 0.3) is 10.8 Å². The average molecular weight is 664 g/mol. The van der Waals surface area contributed by atoms with Crippen molar-refractivity contribution in [1.29, 1.82) is 0 Å². The van der Waals surface area contributed by atoms with Crippen LogP contribution < -0.4 is 19.5 Å². The van der Waals surface area contributed by atoms with Crippen molar-refractivity contribution in [2.45, 2.75) is 57.1 Å². The number of fused-ring (bicyclic) bond motifs is 1.